The molecule has 0 atom stereocenters. The van der Waals surface area contributed by atoms with E-state index in [1.807, 2.05) is 52.0 Å². The molecule has 136 valence electrons. The summed E-state index contributed by atoms with van der Waals surface area (Å²) >= 11 is 0. The highest BCUT2D eigenvalue weighted by Crippen LogP contribution is 2.36. The largest absolute Gasteiger partial charge is 0.494 e. The first-order chi connectivity index (χ1) is 11.8. The minimum atomic E-state index is -0.391. The lowest BCUT2D eigenvalue weighted by Gasteiger charge is -2.32. The topological polar surface area (TPSA) is 50.8 Å². The van der Waals surface area contributed by atoms with Crippen molar-refractivity contribution in [3.8, 4) is 0 Å². The fourth-order valence-corrected chi connectivity index (χ4v) is 3.21. The van der Waals surface area contributed by atoms with Crippen molar-refractivity contribution in [1.82, 2.24) is 10.2 Å². The van der Waals surface area contributed by atoms with Crippen LogP contribution in [0.25, 0.3) is 0 Å². The van der Waals surface area contributed by atoms with Crippen LogP contribution in [0.5, 0.6) is 0 Å². The van der Waals surface area contributed by atoms with Crippen molar-refractivity contribution >= 4 is 18.5 Å². The van der Waals surface area contributed by atoms with Gasteiger partial charge in [-0.25, -0.2) is 0 Å². The molecular formula is C19H29BN2O3. The number of carbonyl (C=O) groups is 1. The van der Waals surface area contributed by atoms with Crippen molar-refractivity contribution in [2.24, 2.45) is 0 Å². The molecule has 0 bridgehead atoms. The molecule has 25 heavy (non-hydrogen) atoms. The van der Waals surface area contributed by atoms with Gasteiger partial charge in [0, 0.05) is 18.7 Å². The van der Waals surface area contributed by atoms with Crippen molar-refractivity contribution in [2.45, 2.75) is 51.7 Å². The van der Waals surface area contributed by atoms with E-state index in [4.69, 9.17) is 9.31 Å². The molecule has 0 radical (unpaired) electrons. The summed E-state index contributed by atoms with van der Waals surface area (Å²) in [6, 6.07) is 7.51. The zero-order valence-electron chi connectivity index (χ0n) is 15.8. The van der Waals surface area contributed by atoms with E-state index in [-0.39, 0.29) is 17.1 Å². The Bertz CT molecular complexity index is 594. The smallest absolute Gasteiger partial charge is 0.399 e. The van der Waals surface area contributed by atoms with E-state index in [0.29, 0.717) is 12.1 Å². The molecule has 0 saturated carbocycles. The number of carbonyl (C=O) groups excluding carboxylic acids is 1. The summed E-state index contributed by atoms with van der Waals surface area (Å²) in [6.07, 6.45) is 2.54. The van der Waals surface area contributed by atoms with E-state index in [1.165, 1.54) is 12.8 Å². The van der Waals surface area contributed by atoms with E-state index < -0.39 is 7.12 Å². The van der Waals surface area contributed by atoms with E-state index >= 15 is 0 Å². The van der Waals surface area contributed by atoms with Gasteiger partial charge in [0.25, 0.3) is 5.91 Å². The van der Waals surface area contributed by atoms with Crippen LogP contribution in [0.3, 0.4) is 0 Å². The van der Waals surface area contributed by atoms with Gasteiger partial charge in [-0.3, -0.25) is 4.79 Å². The summed E-state index contributed by atoms with van der Waals surface area (Å²) in [7, 11) is -0.391. The maximum atomic E-state index is 12.3. The third-order valence-electron chi connectivity index (χ3n) is 5.61. The molecule has 5 nitrogen and oxygen atoms in total. The highest BCUT2D eigenvalue weighted by Gasteiger charge is 2.51. The van der Waals surface area contributed by atoms with E-state index in [0.717, 1.165) is 25.1 Å². The van der Waals surface area contributed by atoms with Gasteiger partial charge in [-0.2, -0.15) is 0 Å². The number of benzene rings is 1. The van der Waals surface area contributed by atoms with Gasteiger partial charge in [-0.05, 0) is 71.2 Å². The third kappa shape index (κ3) is 4.07. The van der Waals surface area contributed by atoms with Crippen LogP contribution < -0.4 is 10.8 Å². The van der Waals surface area contributed by atoms with Crippen molar-refractivity contribution in [2.75, 3.05) is 26.2 Å². The second kappa shape index (κ2) is 7.10. The molecule has 2 aliphatic heterocycles. The fourth-order valence-electron chi connectivity index (χ4n) is 3.21. The number of hydrogen-bond donors (Lipinski definition) is 1. The van der Waals surface area contributed by atoms with Crippen LogP contribution >= 0.6 is 0 Å². The standard InChI is InChI=1S/C19H29BN2O3/c1-18(2)19(3,4)25-20(24-18)16-9-7-15(8-10-16)17(23)21-11-14-22-12-5-6-13-22/h7-10H,5-6,11-14H2,1-4H3,(H,21,23). The number of likely N-dealkylation sites (tertiary alicyclic amines) is 1. The van der Waals surface area contributed by atoms with Gasteiger partial charge >= 0.3 is 7.12 Å². The summed E-state index contributed by atoms with van der Waals surface area (Å²) in [6.45, 7) is 12.1. The number of nitrogens with zero attached hydrogens (tertiary/aromatic N) is 1. The lowest BCUT2D eigenvalue weighted by Crippen LogP contribution is -2.41. The highest BCUT2D eigenvalue weighted by molar-refractivity contribution is 6.62. The SMILES string of the molecule is CC1(C)OB(c2ccc(C(=O)NCCN3CCCC3)cc2)OC1(C)C. The van der Waals surface area contributed by atoms with Crippen molar-refractivity contribution < 1.29 is 14.1 Å². The summed E-state index contributed by atoms with van der Waals surface area (Å²) in [5.41, 5.74) is 0.890. The maximum Gasteiger partial charge on any atom is 0.494 e. The Morgan fingerprint density at radius 3 is 2.20 bits per heavy atom. The second-order valence-corrected chi connectivity index (χ2v) is 8.01. The molecular weight excluding hydrogens is 315 g/mol. The number of nitrogens with one attached hydrogen (secondary N) is 1. The van der Waals surface area contributed by atoms with Crippen molar-refractivity contribution in [3.05, 3.63) is 29.8 Å². The molecule has 2 aliphatic rings. The quantitative estimate of drug-likeness (QED) is 0.828. The van der Waals surface area contributed by atoms with Crippen LogP contribution in [0.15, 0.2) is 24.3 Å². The second-order valence-electron chi connectivity index (χ2n) is 8.01. The summed E-state index contributed by atoms with van der Waals surface area (Å²) in [5.74, 6) is -0.0281. The Morgan fingerprint density at radius 2 is 1.64 bits per heavy atom. The molecule has 2 fully saturated rings. The van der Waals surface area contributed by atoms with Gasteiger partial charge in [0.05, 0.1) is 11.2 Å². The highest BCUT2D eigenvalue weighted by atomic mass is 16.7. The molecule has 1 N–H and O–H groups in total. The molecule has 2 saturated heterocycles. The Kier molecular flexibility index (Phi) is 5.23. The average Bonchev–Trinajstić information content (AvgIpc) is 3.14. The molecule has 1 aromatic carbocycles. The number of hydrogen-bond acceptors (Lipinski definition) is 4. The molecule has 0 unspecified atom stereocenters. The van der Waals surface area contributed by atoms with Crippen LogP contribution in [-0.4, -0.2) is 55.3 Å². The molecule has 1 amide bonds. The lowest BCUT2D eigenvalue weighted by atomic mass is 9.79. The number of amides is 1. The van der Waals surface area contributed by atoms with Crippen LogP contribution in [0, 0.1) is 0 Å². The normalized spacial score (nSPS) is 22.3. The van der Waals surface area contributed by atoms with E-state index in [1.54, 1.807) is 0 Å². The summed E-state index contributed by atoms with van der Waals surface area (Å²) < 4.78 is 12.1. The molecule has 1 aromatic rings. The number of rotatable bonds is 5. The zero-order chi connectivity index (χ0) is 18.1. The predicted octanol–water partition coefficient (Wildman–Crippen LogP) is 1.81. The zero-order valence-corrected chi connectivity index (χ0v) is 15.8. The minimum Gasteiger partial charge on any atom is -0.399 e. The molecule has 3 rings (SSSR count). The summed E-state index contributed by atoms with van der Waals surface area (Å²) in [5, 5.41) is 3.00. The van der Waals surface area contributed by atoms with Crippen molar-refractivity contribution in [1.29, 1.82) is 0 Å². The molecule has 0 aliphatic carbocycles. The Morgan fingerprint density at radius 1 is 1.08 bits per heavy atom. The molecule has 0 aromatic heterocycles. The van der Waals surface area contributed by atoms with Gasteiger partial charge in [-0.1, -0.05) is 12.1 Å². The predicted molar refractivity (Wildman–Crippen MR) is 100 cm³/mol. The first-order valence-electron chi connectivity index (χ1n) is 9.25. The van der Waals surface area contributed by atoms with Crippen LogP contribution in [0.4, 0.5) is 0 Å². The first-order valence-corrected chi connectivity index (χ1v) is 9.25. The Balaban J connectivity index is 1.54. The molecule has 0 spiro atoms. The third-order valence-corrected chi connectivity index (χ3v) is 5.61. The van der Waals surface area contributed by atoms with Crippen molar-refractivity contribution in [3.63, 3.8) is 0 Å². The Hall–Kier alpha value is -1.37. The van der Waals surface area contributed by atoms with Gasteiger partial charge in [0.2, 0.25) is 0 Å². The lowest BCUT2D eigenvalue weighted by molar-refractivity contribution is 0.00578. The summed E-state index contributed by atoms with van der Waals surface area (Å²) in [4.78, 5) is 14.7. The van der Waals surface area contributed by atoms with Crippen LogP contribution in [0.1, 0.15) is 50.9 Å². The molecule has 2 heterocycles. The van der Waals surface area contributed by atoms with Gasteiger partial charge in [0.1, 0.15) is 0 Å². The maximum absolute atomic E-state index is 12.3. The average molecular weight is 344 g/mol. The van der Waals surface area contributed by atoms with E-state index in [9.17, 15) is 4.79 Å². The fraction of sp³-hybridized carbons (Fsp3) is 0.632. The molecule has 6 heteroatoms. The monoisotopic (exact) mass is 344 g/mol. The van der Waals surface area contributed by atoms with Gasteiger partial charge < -0.3 is 19.5 Å². The first kappa shape index (κ1) is 18.4. The van der Waals surface area contributed by atoms with Gasteiger partial charge in [0.15, 0.2) is 0 Å². The van der Waals surface area contributed by atoms with Crippen LogP contribution in [-0.2, 0) is 9.31 Å². The van der Waals surface area contributed by atoms with Gasteiger partial charge in [-0.15, -0.1) is 0 Å². The van der Waals surface area contributed by atoms with E-state index in [2.05, 4.69) is 10.2 Å². The Labute approximate surface area is 151 Å². The van der Waals surface area contributed by atoms with Crippen LogP contribution in [0.2, 0.25) is 0 Å². The minimum absolute atomic E-state index is 0.0281.